The van der Waals surface area contributed by atoms with E-state index in [1.54, 1.807) is 0 Å². The standard InChI is InChI=1S/C17H28N2O/c1-14(2)20-17-6-4-5-16(11-17)13-18-12-15-7-9-19(3)10-8-15/h4-6,11,14-15,18H,7-10,12-13H2,1-3H3. The highest BCUT2D eigenvalue weighted by molar-refractivity contribution is 5.28. The van der Waals surface area contributed by atoms with Gasteiger partial charge in [0.2, 0.25) is 0 Å². The molecule has 2 rings (SSSR count). The fourth-order valence-corrected chi connectivity index (χ4v) is 2.69. The van der Waals surface area contributed by atoms with Gasteiger partial charge in [-0.25, -0.2) is 0 Å². The molecule has 20 heavy (non-hydrogen) atoms. The normalized spacial score (nSPS) is 17.6. The zero-order chi connectivity index (χ0) is 14.4. The molecule has 0 spiro atoms. The van der Waals surface area contributed by atoms with Crippen LogP contribution in [0.15, 0.2) is 24.3 Å². The average molecular weight is 276 g/mol. The lowest BCUT2D eigenvalue weighted by atomic mass is 9.97. The first kappa shape index (κ1) is 15.3. The van der Waals surface area contributed by atoms with Crippen molar-refractivity contribution in [1.29, 1.82) is 0 Å². The fourth-order valence-electron chi connectivity index (χ4n) is 2.69. The summed E-state index contributed by atoms with van der Waals surface area (Å²) in [4.78, 5) is 2.42. The van der Waals surface area contributed by atoms with Gasteiger partial charge in [0.05, 0.1) is 6.10 Å². The minimum absolute atomic E-state index is 0.234. The van der Waals surface area contributed by atoms with Crippen LogP contribution in [0.5, 0.6) is 5.75 Å². The van der Waals surface area contributed by atoms with Crippen LogP contribution in [0.2, 0.25) is 0 Å². The van der Waals surface area contributed by atoms with Crippen LogP contribution in [0.3, 0.4) is 0 Å². The van der Waals surface area contributed by atoms with Crippen molar-refractivity contribution >= 4 is 0 Å². The maximum Gasteiger partial charge on any atom is 0.120 e. The van der Waals surface area contributed by atoms with Gasteiger partial charge in [-0.05, 0) is 77.0 Å². The Labute approximate surface area is 123 Å². The fraction of sp³-hybridized carbons (Fsp3) is 0.647. The van der Waals surface area contributed by atoms with Crippen LogP contribution in [0.4, 0.5) is 0 Å². The second-order valence-corrected chi connectivity index (χ2v) is 6.19. The number of benzene rings is 1. The Morgan fingerprint density at radius 3 is 2.75 bits per heavy atom. The first-order valence-corrected chi connectivity index (χ1v) is 7.78. The molecule has 0 aliphatic carbocycles. The molecule has 1 fully saturated rings. The summed E-state index contributed by atoms with van der Waals surface area (Å²) in [5.41, 5.74) is 1.30. The van der Waals surface area contributed by atoms with Gasteiger partial charge < -0.3 is 15.0 Å². The van der Waals surface area contributed by atoms with E-state index in [2.05, 4.69) is 49.3 Å². The van der Waals surface area contributed by atoms with Crippen molar-refractivity contribution < 1.29 is 4.74 Å². The molecular formula is C17H28N2O. The van der Waals surface area contributed by atoms with E-state index in [-0.39, 0.29) is 6.10 Å². The molecule has 0 bridgehead atoms. The first-order valence-electron chi connectivity index (χ1n) is 7.78. The highest BCUT2D eigenvalue weighted by Gasteiger charge is 2.15. The Hall–Kier alpha value is -1.06. The first-order chi connectivity index (χ1) is 9.63. The number of hydrogen-bond acceptors (Lipinski definition) is 3. The molecule has 0 aromatic heterocycles. The second-order valence-electron chi connectivity index (χ2n) is 6.19. The predicted octanol–water partition coefficient (Wildman–Crippen LogP) is 2.91. The largest absolute Gasteiger partial charge is 0.491 e. The lowest BCUT2D eigenvalue weighted by Crippen LogP contribution is -2.34. The molecule has 1 aliphatic rings. The summed E-state index contributed by atoms with van der Waals surface area (Å²) in [6, 6.07) is 8.40. The number of hydrogen-bond donors (Lipinski definition) is 1. The van der Waals surface area contributed by atoms with E-state index >= 15 is 0 Å². The molecule has 3 nitrogen and oxygen atoms in total. The van der Waals surface area contributed by atoms with Crippen molar-refractivity contribution in [2.24, 2.45) is 5.92 Å². The smallest absolute Gasteiger partial charge is 0.120 e. The highest BCUT2D eigenvalue weighted by Crippen LogP contribution is 2.16. The van der Waals surface area contributed by atoms with Crippen molar-refractivity contribution in [3.63, 3.8) is 0 Å². The van der Waals surface area contributed by atoms with Gasteiger partial charge in [-0.15, -0.1) is 0 Å². The Morgan fingerprint density at radius 2 is 2.05 bits per heavy atom. The summed E-state index contributed by atoms with van der Waals surface area (Å²) in [7, 11) is 2.21. The molecule has 3 heteroatoms. The van der Waals surface area contributed by atoms with Crippen LogP contribution in [-0.4, -0.2) is 37.7 Å². The van der Waals surface area contributed by atoms with Gasteiger partial charge in [0.1, 0.15) is 5.75 Å². The van der Waals surface area contributed by atoms with Gasteiger partial charge in [-0.3, -0.25) is 0 Å². The number of nitrogens with one attached hydrogen (secondary N) is 1. The molecule has 0 amide bonds. The van der Waals surface area contributed by atoms with Gasteiger partial charge in [-0.2, -0.15) is 0 Å². The van der Waals surface area contributed by atoms with Crippen LogP contribution < -0.4 is 10.1 Å². The molecule has 0 saturated carbocycles. The Bertz CT molecular complexity index is 398. The molecule has 0 unspecified atom stereocenters. The van der Waals surface area contributed by atoms with E-state index in [9.17, 15) is 0 Å². The average Bonchev–Trinajstić information content (AvgIpc) is 2.41. The van der Waals surface area contributed by atoms with E-state index in [0.29, 0.717) is 0 Å². The maximum absolute atomic E-state index is 5.73. The maximum atomic E-state index is 5.73. The second kappa shape index (κ2) is 7.65. The third kappa shape index (κ3) is 5.14. The van der Waals surface area contributed by atoms with Crippen LogP contribution >= 0.6 is 0 Å². The van der Waals surface area contributed by atoms with E-state index < -0.39 is 0 Å². The van der Waals surface area contributed by atoms with Crippen LogP contribution in [0.1, 0.15) is 32.3 Å². The molecule has 1 aromatic carbocycles. The van der Waals surface area contributed by atoms with Crippen molar-refractivity contribution in [2.45, 2.75) is 39.3 Å². The quantitative estimate of drug-likeness (QED) is 0.864. The third-order valence-corrected chi connectivity index (χ3v) is 3.87. The molecule has 1 N–H and O–H groups in total. The Morgan fingerprint density at radius 1 is 1.30 bits per heavy atom. The molecule has 1 heterocycles. The Balaban J connectivity index is 1.73. The number of piperidine rings is 1. The number of likely N-dealkylation sites (tertiary alicyclic amines) is 1. The highest BCUT2D eigenvalue weighted by atomic mass is 16.5. The molecule has 1 saturated heterocycles. The number of ether oxygens (including phenoxy) is 1. The van der Waals surface area contributed by atoms with Crippen LogP contribution in [-0.2, 0) is 6.54 Å². The zero-order valence-electron chi connectivity index (χ0n) is 13.1. The SMILES string of the molecule is CC(C)Oc1cccc(CNCC2CCN(C)CC2)c1. The summed E-state index contributed by atoms with van der Waals surface area (Å²) >= 11 is 0. The minimum atomic E-state index is 0.234. The number of nitrogens with zero attached hydrogens (tertiary/aromatic N) is 1. The lowest BCUT2D eigenvalue weighted by Gasteiger charge is -2.29. The van der Waals surface area contributed by atoms with E-state index in [1.165, 1.54) is 31.5 Å². The molecular weight excluding hydrogens is 248 g/mol. The summed E-state index contributed by atoms with van der Waals surface area (Å²) in [6.07, 6.45) is 2.87. The van der Waals surface area contributed by atoms with Gasteiger partial charge in [0, 0.05) is 6.54 Å². The minimum Gasteiger partial charge on any atom is -0.491 e. The summed E-state index contributed by atoms with van der Waals surface area (Å²) in [6.45, 7) is 8.66. The van der Waals surface area contributed by atoms with Crippen molar-refractivity contribution in [2.75, 3.05) is 26.7 Å². The van der Waals surface area contributed by atoms with E-state index in [0.717, 1.165) is 24.8 Å². The predicted molar refractivity (Wildman–Crippen MR) is 84.1 cm³/mol. The molecule has 0 radical (unpaired) electrons. The summed E-state index contributed by atoms with van der Waals surface area (Å²) in [5, 5.41) is 3.59. The number of rotatable bonds is 6. The van der Waals surface area contributed by atoms with Crippen molar-refractivity contribution in [1.82, 2.24) is 10.2 Å². The van der Waals surface area contributed by atoms with E-state index in [4.69, 9.17) is 4.74 Å². The van der Waals surface area contributed by atoms with Crippen molar-refractivity contribution in [3.8, 4) is 5.75 Å². The molecule has 1 aliphatic heterocycles. The van der Waals surface area contributed by atoms with Gasteiger partial charge in [-0.1, -0.05) is 12.1 Å². The monoisotopic (exact) mass is 276 g/mol. The third-order valence-electron chi connectivity index (χ3n) is 3.87. The summed E-state index contributed by atoms with van der Waals surface area (Å²) < 4.78 is 5.73. The lowest BCUT2D eigenvalue weighted by molar-refractivity contribution is 0.216. The van der Waals surface area contributed by atoms with Crippen LogP contribution in [0, 0.1) is 5.92 Å². The Kier molecular flexibility index (Phi) is 5.86. The van der Waals surface area contributed by atoms with E-state index in [1.807, 2.05) is 6.07 Å². The molecule has 1 aromatic rings. The zero-order valence-corrected chi connectivity index (χ0v) is 13.1. The van der Waals surface area contributed by atoms with Crippen molar-refractivity contribution in [3.05, 3.63) is 29.8 Å². The molecule has 0 atom stereocenters. The topological polar surface area (TPSA) is 24.5 Å². The van der Waals surface area contributed by atoms with Gasteiger partial charge in [0.25, 0.3) is 0 Å². The molecule has 112 valence electrons. The van der Waals surface area contributed by atoms with Crippen LogP contribution in [0.25, 0.3) is 0 Å². The van der Waals surface area contributed by atoms with Gasteiger partial charge >= 0.3 is 0 Å². The van der Waals surface area contributed by atoms with Gasteiger partial charge in [0.15, 0.2) is 0 Å². The summed E-state index contributed by atoms with van der Waals surface area (Å²) in [5.74, 6) is 1.81.